The number of nitrogens with zero attached hydrogens (tertiary/aromatic N) is 4. The van der Waals surface area contributed by atoms with E-state index in [0.29, 0.717) is 5.02 Å². The lowest BCUT2D eigenvalue weighted by atomic mass is 10.1. The molecule has 0 fully saturated rings. The molecular weight excluding hydrogens is 286 g/mol. The van der Waals surface area contributed by atoms with Crippen LogP contribution in [-0.4, -0.2) is 32.5 Å². The van der Waals surface area contributed by atoms with Crippen molar-refractivity contribution in [3.05, 3.63) is 40.8 Å². The highest BCUT2D eigenvalue weighted by molar-refractivity contribution is 6.33. The molecule has 3 aromatic heterocycles. The fourth-order valence-electron chi connectivity index (χ4n) is 2.97. The van der Waals surface area contributed by atoms with Gasteiger partial charge in [0.2, 0.25) is 0 Å². The van der Waals surface area contributed by atoms with Crippen LogP contribution in [0.1, 0.15) is 11.3 Å². The van der Waals surface area contributed by atoms with Crippen molar-refractivity contribution in [1.29, 1.82) is 0 Å². The van der Waals surface area contributed by atoms with Crippen LogP contribution < -0.4 is 5.32 Å². The van der Waals surface area contributed by atoms with Crippen molar-refractivity contribution < 1.29 is 0 Å². The second kappa shape index (κ2) is 4.86. The quantitative estimate of drug-likeness (QED) is 0.750. The molecule has 108 valence electrons. The predicted octanol–water partition coefficient (Wildman–Crippen LogP) is 2.31. The molecule has 0 radical (unpaired) electrons. The molecule has 5 nitrogen and oxygen atoms in total. The highest BCUT2D eigenvalue weighted by Gasteiger charge is 2.17. The average Bonchev–Trinajstić information content (AvgIpc) is 2.91. The van der Waals surface area contributed by atoms with Gasteiger partial charge < -0.3 is 5.32 Å². The smallest absolute Gasteiger partial charge is 0.0970 e. The largest absolute Gasteiger partial charge is 0.315 e. The molecule has 0 aliphatic carbocycles. The Hall–Kier alpha value is -1.85. The summed E-state index contributed by atoms with van der Waals surface area (Å²) >= 11 is 6.09. The first-order chi connectivity index (χ1) is 10.2. The number of hydrogen-bond donors (Lipinski definition) is 1. The molecule has 3 aromatic rings. The molecule has 6 heteroatoms. The second-order valence-corrected chi connectivity index (χ2v) is 5.79. The minimum Gasteiger partial charge on any atom is -0.315 e. The Bertz CT molecular complexity index is 817. The first-order valence-corrected chi connectivity index (χ1v) is 7.52. The van der Waals surface area contributed by atoms with E-state index in [-0.39, 0.29) is 0 Å². The number of hydrogen-bond acceptors (Lipinski definition) is 3. The summed E-state index contributed by atoms with van der Waals surface area (Å²) < 4.78 is 3.94. The van der Waals surface area contributed by atoms with Gasteiger partial charge in [-0.15, -0.1) is 0 Å². The van der Waals surface area contributed by atoms with Gasteiger partial charge in [-0.25, -0.2) is 4.52 Å². The third-order valence-electron chi connectivity index (χ3n) is 4.10. The van der Waals surface area contributed by atoms with Crippen molar-refractivity contribution in [2.75, 3.05) is 13.1 Å². The van der Waals surface area contributed by atoms with Crippen molar-refractivity contribution >= 4 is 17.1 Å². The maximum Gasteiger partial charge on any atom is 0.0970 e. The molecule has 1 aliphatic rings. The Morgan fingerprint density at radius 1 is 1.29 bits per heavy atom. The van der Waals surface area contributed by atoms with Crippen LogP contribution >= 0.6 is 11.6 Å². The van der Waals surface area contributed by atoms with Gasteiger partial charge in [0.25, 0.3) is 0 Å². The van der Waals surface area contributed by atoms with E-state index in [1.54, 1.807) is 6.20 Å². The zero-order valence-electron chi connectivity index (χ0n) is 11.8. The van der Waals surface area contributed by atoms with Crippen LogP contribution in [0.5, 0.6) is 0 Å². The van der Waals surface area contributed by atoms with Gasteiger partial charge in [0.05, 0.1) is 29.0 Å². The van der Waals surface area contributed by atoms with E-state index in [9.17, 15) is 0 Å². The molecule has 0 unspecified atom stereocenters. The Kier molecular flexibility index (Phi) is 2.97. The lowest BCUT2D eigenvalue weighted by molar-refractivity contribution is 0.590. The van der Waals surface area contributed by atoms with Gasteiger partial charge in [-0.3, -0.25) is 4.68 Å². The fraction of sp³-hybridized carbons (Fsp3) is 0.333. The zero-order chi connectivity index (χ0) is 14.4. The monoisotopic (exact) mass is 301 g/mol. The normalized spacial score (nSPS) is 15.1. The van der Waals surface area contributed by atoms with Gasteiger partial charge in [-0.2, -0.15) is 10.2 Å². The SMILES string of the molecule is Cc1c(-c2ccc3c(Cl)cnn3c2)nn2c1CCNCC2. The van der Waals surface area contributed by atoms with E-state index in [1.807, 2.05) is 16.8 Å². The molecular formula is C15H16ClN5. The maximum atomic E-state index is 6.09. The first kappa shape index (κ1) is 12.9. The van der Waals surface area contributed by atoms with Gasteiger partial charge >= 0.3 is 0 Å². The van der Waals surface area contributed by atoms with Gasteiger partial charge in [0, 0.05) is 37.0 Å². The highest BCUT2D eigenvalue weighted by Crippen LogP contribution is 2.27. The van der Waals surface area contributed by atoms with Gasteiger partial charge in [0.1, 0.15) is 0 Å². The Labute approximate surface area is 127 Å². The molecule has 4 heterocycles. The number of halogens is 1. The molecule has 21 heavy (non-hydrogen) atoms. The standard InChI is InChI=1S/C15H16ClN5/c1-10-13-4-5-17-6-7-20(13)19-15(10)11-2-3-14-12(16)8-18-21(14)9-11/h2-3,8-9,17H,4-7H2,1H3. The van der Waals surface area contributed by atoms with Crippen LogP contribution in [0.2, 0.25) is 5.02 Å². The van der Waals surface area contributed by atoms with Crippen molar-refractivity contribution in [3.8, 4) is 11.3 Å². The Balaban J connectivity index is 1.84. The molecule has 0 saturated carbocycles. The predicted molar refractivity (Wildman–Crippen MR) is 82.7 cm³/mol. The van der Waals surface area contributed by atoms with Crippen molar-refractivity contribution in [1.82, 2.24) is 24.7 Å². The van der Waals surface area contributed by atoms with Crippen LogP contribution in [0.3, 0.4) is 0 Å². The van der Waals surface area contributed by atoms with Crippen molar-refractivity contribution in [2.24, 2.45) is 0 Å². The van der Waals surface area contributed by atoms with E-state index < -0.39 is 0 Å². The van der Waals surface area contributed by atoms with Crippen molar-refractivity contribution in [2.45, 2.75) is 19.9 Å². The van der Waals surface area contributed by atoms with E-state index in [1.165, 1.54) is 11.3 Å². The molecule has 0 saturated heterocycles. The summed E-state index contributed by atoms with van der Waals surface area (Å²) in [5.41, 5.74) is 5.63. The summed E-state index contributed by atoms with van der Waals surface area (Å²) in [5, 5.41) is 13.1. The number of nitrogens with one attached hydrogen (secondary N) is 1. The summed E-state index contributed by atoms with van der Waals surface area (Å²) in [5.74, 6) is 0. The second-order valence-electron chi connectivity index (χ2n) is 5.38. The molecule has 0 atom stereocenters. The molecule has 1 aliphatic heterocycles. The Morgan fingerprint density at radius 3 is 3.10 bits per heavy atom. The molecule has 0 aromatic carbocycles. The van der Waals surface area contributed by atoms with Crippen LogP contribution in [0.15, 0.2) is 24.5 Å². The van der Waals surface area contributed by atoms with Crippen LogP contribution in [0, 0.1) is 6.92 Å². The number of aromatic nitrogens is 4. The molecule has 0 bridgehead atoms. The van der Waals surface area contributed by atoms with Crippen LogP contribution in [0.25, 0.3) is 16.8 Å². The highest BCUT2D eigenvalue weighted by atomic mass is 35.5. The van der Waals surface area contributed by atoms with Gasteiger partial charge in [-0.1, -0.05) is 11.6 Å². The third kappa shape index (κ3) is 2.04. The first-order valence-electron chi connectivity index (χ1n) is 7.14. The molecule has 1 N–H and O–H groups in total. The number of rotatable bonds is 1. The zero-order valence-corrected chi connectivity index (χ0v) is 12.6. The maximum absolute atomic E-state index is 6.09. The van der Waals surface area contributed by atoms with E-state index in [0.717, 1.165) is 42.8 Å². The molecule has 0 spiro atoms. The van der Waals surface area contributed by atoms with E-state index >= 15 is 0 Å². The number of fused-ring (bicyclic) bond motifs is 2. The summed E-state index contributed by atoms with van der Waals surface area (Å²) in [6, 6.07) is 4.06. The average molecular weight is 302 g/mol. The van der Waals surface area contributed by atoms with Crippen LogP contribution in [-0.2, 0) is 13.0 Å². The van der Waals surface area contributed by atoms with Crippen molar-refractivity contribution in [3.63, 3.8) is 0 Å². The summed E-state index contributed by atoms with van der Waals surface area (Å²) in [4.78, 5) is 0. The molecule has 0 amide bonds. The molecule has 4 rings (SSSR count). The summed E-state index contributed by atoms with van der Waals surface area (Å²) in [6.07, 6.45) is 4.69. The van der Waals surface area contributed by atoms with Crippen LogP contribution in [0.4, 0.5) is 0 Å². The summed E-state index contributed by atoms with van der Waals surface area (Å²) in [6.45, 7) is 5.06. The van der Waals surface area contributed by atoms with E-state index in [4.69, 9.17) is 16.7 Å². The lowest BCUT2D eigenvalue weighted by Gasteiger charge is -2.02. The minimum absolute atomic E-state index is 0.671. The fourth-order valence-corrected chi connectivity index (χ4v) is 3.17. The third-order valence-corrected chi connectivity index (χ3v) is 4.39. The van der Waals surface area contributed by atoms with Gasteiger partial charge in [0.15, 0.2) is 0 Å². The summed E-state index contributed by atoms with van der Waals surface area (Å²) in [7, 11) is 0. The number of pyridine rings is 1. The Morgan fingerprint density at radius 2 is 2.19 bits per heavy atom. The van der Waals surface area contributed by atoms with Gasteiger partial charge in [-0.05, 0) is 24.6 Å². The lowest BCUT2D eigenvalue weighted by Crippen LogP contribution is -2.17. The topological polar surface area (TPSA) is 47.2 Å². The minimum atomic E-state index is 0.671. The van der Waals surface area contributed by atoms with E-state index in [2.05, 4.69) is 28.1 Å².